The van der Waals surface area contributed by atoms with Gasteiger partial charge in [0.1, 0.15) is 6.04 Å². The Kier molecular flexibility index (Phi) is 6.59. The van der Waals surface area contributed by atoms with E-state index < -0.39 is 17.6 Å². The molecule has 2 unspecified atom stereocenters. The molecule has 0 bridgehead atoms. The van der Waals surface area contributed by atoms with Crippen LogP contribution in [-0.4, -0.2) is 40.1 Å². The third kappa shape index (κ3) is 5.32. The molecule has 5 nitrogen and oxygen atoms in total. The molecule has 2 atom stereocenters. The van der Waals surface area contributed by atoms with Crippen molar-refractivity contribution in [3.05, 3.63) is 12.7 Å². The van der Waals surface area contributed by atoms with Crippen molar-refractivity contribution in [2.24, 2.45) is 5.92 Å². The van der Waals surface area contributed by atoms with E-state index in [2.05, 4.69) is 11.9 Å². The van der Waals surface area contributed by atoms with Crippen molar-refractivity contribution in [1.82, 2.24) is 10.2 Å². The van der Waals surface area contributed by atoms with Crippen molar-refractivity contribution < 1.29 is 14.7 Å². The molecule has 0 aliphatic carbocycles. The van der Waals surface area contributed by atoms with Crippen LogP contribution in [0.1, 0.15) is 41.0 Å². The number of nitrogens with one attached hydrogen (secondary N) is 1. The van der Waals surface area contributed by atoms with Crippen LogP contribution in [0.2, 0.25) is 0 Å². The van der Waals surface area contributed by atoms with Crippen LogP contribution >= 0.6 is 0 Å². The normalized spacial score (nSPS) is 14.4. The van der Waals surface area contributed by atoms with E-state index in [-0.39, 0.29) is 11.9 Å². The minimum atomic E-state index is -1.00. The molecule has 2 amide bonds. The van der Waals surface area contributed by atoms with Crippen LogP contribution in [0, 0.1) is 5.92 Å². The maximum Gasteiger partial charge on any atom is 0.326 e. The fraction of sp³-hybridized carbons (Fsp3) is 0.714. The van der Waals surface area contributed by atoms with Crippen molar-refractivity contribution in [2.75, 3.05) is 6.54 Å². The number of rotatable bonds is 6. The summed E-state index contributed by atoms with van der Waals surface area (Å²) in [5.41, 5.74) is -0.392. The second kappa shape index (κ2) is 7.16. The van der Waals surface area contributed by atoms with Gasteiger partial charge in [0.15, 0.2) is 0 Å². The molecule has 0 radical (unpaired) electrons. The Bertz CT molecular complexity index is 334. The van der Waals surface area contributed by atoms with Gasteiger partial charge in [-0.1, -0.05) is 26.3 Å². The van der Waals surface area contributed by atoms with Gasteiger partial charge in [-0.05, 0) is 26.7 Å². The zero-order valence-electron chi connectivity index (χ0n) is 12.6. The predicted molar refractivity (Wildman–Crippen MR) is 76.1 cm³/mol. The van der Waals surface area contributed by atoms with Gasteiger partial charge in [-0.2, -0.15) is 0 Å². The molecule has 5 heteroatoms. The largest absolute Gasteiger partial charge is 0.480 e. The summed E-state index contributed by atoms with van der Waals surface area (Å²) in [6.45, 7) is 13.4. The van der Waals surface area contributed by atoms with E-state index in [0.717, 1.165) is 0 Å². The van der Waals surface area contributed by atoms with Crippen LogP contribution in [0.15, 0.2) is 12.7 Å². The molecule has 0 aromatic carbocycles. The summed E-state index contributed by atoms with van der Waals surface area (Å²) in [5, 5.41) is 11.8. The van der Waals surface area contributed by atoms with E-state index in [1.165, 1.54) is 0 Å². The summed E-state index contributed by atoms with van der Waals surface area (Å²) in [5.74, 6) is -1.12. The van der Waals surface area contributed by atoms with Gasteiger partial charge < -0.3 is 15.3 Å². The van der Waals surface area contributed by atoms with Crippen molar-refractivity contribution in [1.29, 1.82) is 0 Å². The van der Waals surface area contributed by atoms with E-state index in [1.54, 1.807) is 11.0 Å². The Morgan fingerprint density at radius 2 is 1.95 bits per heavy atom. The fourth-order valence-corrected chi connectivity index (χ4v) is 1.68. The second-order valence-electron chi connectivity index (χ2n) is 5.72. The highest BCUT2D eigenvalue weighted by Crippen LogP contribution is 2.15. The summed E-state index contributed by atoms with van der Waals surface area (Å²) in [7, 11) is 0. The number of carboxylic acids is 1. The summed E-state index contributed by atoms with van der Waals surface area (Å²) in [4.78, 5) is 25.0. The zero-order valence-corrected chi connectivity index (χ0v) is 12.6. The number of nitrogens with zero attached hydrogens (tertiary/aromatic N) is 1. The molecular formula is C14H26N2O3. The lowest BCUT2D eigenvalue weighted by Gasteiger charge is -2.36. The lowest BCUT2D eigenvalue weighted by Crippen LogP contribution is -2.55. The Morgan fingerprint density at radius 1 is 1.42 bits per heavy atom. The molecule has 0 aromatic rings. The topological polar surface area (TPSA) is 69.6 Å². The number of urea groups is 1. The predicted octanol–water partition coefficient (Wildman–Crippen LogP) is 2.48. The smallest absolute Gasteiger partial charge is 0.326 e. The first-order valence-corrected chi connectivity index (χ1v) is 6.57. The Morgan fingerprint density at radius 3 is 2.26 bits per heavy atom. The molecule has 110 valence electrons. The van der Waals surface area contributed by atoms with E-state index in [4.69, 9.17) is 0 Å². The van der Waals surface area contributed by atoms with Gasteiger partial charge in [0, 0.05) is 12.1 Å². The van der Waals surface area contributed by atoms with Gasteiger partial charge in [0.25, 0.3) is 0 Å². The third-order valence-electron chi connectivity index (χ3n) is 3.12. The van der Waals surface area contributed by atoms with Gasteiger partial charge >= 0.3 is 12.0 Å². The quantitative estimate of drug-likeness (QED) is 0.728. The standard InChI is InChI=1S/C14H26N2O3/c1-7-9-16(14(4,5)6)13(19)15-11(12(17)18)10(3)8-2/h7,10-11H,1,8-9H2,2-6H3,(H,15,19)(H,17,18). The average Bonchev–Trinajstić information content (AvgIpc) is 2.29. The maximum atomic E-state index is 12.2. The molecule has 0 aliphatic rings. The first-order chi connectivity index (χ1) is 8.65. The van der Waals surface area contributed by atoms with Gasteiger partial charge in [-0.15, -0.1) is 6.58 Å². The minimum Gasteiger partial charge on any atom is -0.480 e. The highest BCUT2D eigenvalue weighted by molar-refractivity contribution is 5.83. The summed E-state index contributed by atoms with van der Waals surface area (Å²) < 4.78 is 0. The fourth-order valence-electron chi connectivity index (χ4n) is 1.68. The van der Waals surface area contributed by atoms with Crippen molar-refractivity contribution in [3.8, 4) is 0 Å². The summed E-state index contributed by atoms with van der Waals surface area (Å²) in [6.07, 6.45) is 2.32. The minimum absolute atomic E-state index is 0.119. The van der Waals surface area contributed by atoms with Crippen LogP contribution < -0.4 is 5.32 Å². The number of carbonyl (C=O) groups is 2. The highest BCUT2D eigenvalue weighted by Gasteiger charge is 2.31. The lowest BCUT2D eigenvalue weighted by atomic mass is 9.99. The van der Waals surface area contributed by atoms with Crippen molar-refractivity contribution in [2.45, 2.75) is 52.6 Å². The Balaban J connectivity index is 4.96. The molecule has 0 heterocycles. The first kappa shape index (κ1) is 17.5. The number of carboxylic acid groups (broad SMARTS) is 1. The number of carbonyl (C=O) groups excluding carboxylic acids is 1. The molecule has 19 heavy (non-hydrogen) atoms. The summed E-state index contributed by atoms with van der Waals surface area (Å²) >= 11 is 0. The Hall–Kier alpha value is -1.52. The monoisotopic (exact) mass is 270 g/mol. The van der Waals surface area contributed by atoms with Crippen LogP contribution in [0.25, 0.3) is 0 Å². The van der Waals surface area contributed by atoms with Gasteiger partial charge in [-0.3, -0.25) is 0 Å². The number of aliphatic carboxylic acids is 1. The highest BCUT2D eigenvalue weighted by atomic mass is 16.4. The number of hydrogen-bond donors (Lipinski definition) is 2. The van der Waals surface area contributed by atoms with Crippen LogP contribution in [0.3, 0.4) is 0 Å². The SMILES string of the molecule is C=CCN(C(=O)NC(C(=O)O)C(C)CC)C(C)(C)C. The van der Waals surface area contributed by atoms with Crippen LogP contribution in [0.4, 0.5) is 4.79 Å². The van der Waals surface area contributed by atoms with Crippen molar-refractivity contribution >= 4 is 12.0 Å². The van der Waals surface area contributed by atoms with E-state index in [1.807, 2.05) is 34.6 Å². The second-order valence-corrected chi connectivity index (χ2v) is 5.72. The maximum absolute atomic E-state index is 12.2. The van der Waals surface area contributed by atoms with Gasteiger partial charge in [0.05, 0.1) is 0 Å². The lowest BCUT2D eigenvalue weighted by molar-refractivity contribution is -0.140. The molecule has 2 N–H and O–H groups in total. The first-order valence-electron chi connectivity index (χ1n) is 6.57. The molecular weight excluding hydrogens is 244 g/mol. The summed E-state index contributed by atoms with van der Waals surface area (Å²) in [6, 6.07) is -1.24. The molecule has 0 fully saturated rings. The van der Waals surface area contributed by atoms with Gasteiger partial charge in [0.2, 0.25) is 0 Å². The average molecular weight is 270 g/mol. The molecule has 0 aliphatic heterocycles. The van der Waals surface area contributed by atoms with E-state index in [9.17, 15) is 14.7 Å². The molecule has 0 spiro atoms. The van der Waals surface area contributed by atoms with Gasteiger partial charge in [-0.25, -0.2) is 9.59 Å². The van der Waals surface area contributed by atoms with E-state index in [0.29, 0.717) is 13.0 Å². The zero-order chi connectivity index (χ0) is 15.2. The third-order valence-corrected chi connectivity index (χ3v) is 3.12. The van der Waals surface area contributed by atoms with E-state index >= 15 is 0 Å². The molecule has 0 saturated carbocycles. The Labute approximate surface area is 115 Å². The molecule has 0 rings (SSSR count). The molecule has 0 aromatic heterocycles. The van der Waals surface area contributed by atoms with Crippen LogP contribution in [0.5, 0.6) is 0 Å². The number of amides is 2. The molecule has 0 saturated heterocycles. The van der Waals surface area contributed by atoms with Crippen molar-refractivity contribution in [3.63, 3.8) is 0 Å². The van der Waals surface area contributed by atoms with Crippen LogP contribution in [-0.2, 0) is 4.79 Å². The number of hydrogen-bond acceptors (Lipinski definition) is 2.